The predicted octanol–water partition coefficient (Wildman–Crippen LogP) is -3.36. The molecule has 0 bridgehead atoms. The van der Waals surface area contributed by atoms with Crippen LogP contribution in [0.15, 0.2) is 12.2 Å². The van der Waals surface area contributed by atoms with Gasteiger partial charge in [-0.3, -0.25) is 0 Å². The molecule has 0 aliphatic heterocycles. The molecule has 3 heteroatoms. The zero-order chi connectivity index (χ0) is 4.83. The molecule has 0 spiro atoms. The van der Waals surface area contributed by atoms with Gasteiger partial charge in [0.15, 0.2) is 0 Å². The fourth-order valence-electron chi connectivity index (χ4n) is 0.149. The van der Waals surface area contributed by atoms with E-state index in [0.717, 1.165) is 0 Å². The van der Waals surface area contributed by atoms with Crippen LogP contribution in [0.5, 0.6) is 0 Å². The molecule has 0 unspecified atom stereocenters. The third-order valence-corrected chi connectivity index (χ3v) is 0.377. The second-order valence-electron chi connectivity index (χ2n) is 0.837. The minimum absolute atomic E-state index is 0. The first-order chi connectivity index (χ1) is 2.91. The number of rotatable bonds is 2. The molecule has 0 fully saturated rings. The van der Waals surface area contributed by atoms with E-state index in [1.807, 2.05) is 0 Å². The van der Waals surface area contributed by atoms with Crippen LogP contribution in [-0.2, 0) is 0 Å². The van der Waals surface area contributed by atoms with Gasteiger partial charge < -0.3 is 11.6 Å². The molecule has 2 nitrogen and oxygen atoms in total. The average molecular weight is 128 g/mol. The van der Waals surface area contributed by atoms with E-state index in [0.29, 0.717) is 0 Å². The summed E-state index contributed by atoms with van der Waals surface area (Å²) in [6.07, 6.45) is 2.97. The molecule has 0 amide bonds. The number of hydrogen-bond acceptors (Lipinski definition) is 2. The Morgan fingerprint density at radius 1 is 1.14 bits per heavy atom. The summed E-state index contributed by atoms with van der Waals surface area (Å²) in [6.45, 7) is 0.0289. The normalized spacial score (nSPS) is 8.86. The van der Waals surface area contributed by atoms with E-state index in [2.05, 4.69) is 0 Å². The van der Waals surface area contributed by atoms with Crippen molar-refractivity contribution in [1.29, 1.82) is 0 Å². The van der Waals surface area contributed by atoms with Crippen molar-refractivity contribution in [1.82, 2.24) is 0 Å². The van der Waals surface area contributed by atoms with Crippen molar-refractivity contribution >= 4 is 0 Å². The molecule has 0 saturated carbocycles. The van der Waals surface area contributed by atoms with Crippen LogP contribution in [0.4, 0.5) is 0 Å². The molecule has 0 rings (SSSR count). The molecule has 0 heterocycles. The monoisotopic (exact) mass is 128 g/mol. The summed E-state index contributed by atoms with van der Waals surface area (Å²) in [4.78, 5) is 0. The average Bonchev–Trinajstić information content (AvgIpc) is 1.61. The van der Waals surface area contributed by atoms with Gasteiger partial charge in [0.05, 0.1) is 13.2 Å². The Bertz CT molecular complexity index is 43.3. The standard InChI is InChI=1S/C4H8O2.K.H/c5-3-1-2-4-6;;/h1-2,5-6H,3-4H2;;/q;+1;-1/b2-1+;;. The molecular formula is C4H9KO2. The Morgan fingerprint density at radius 2 is 1.43 bits per heavy atom. The zero-order valence-electron chi connectivity index (χ0n) is 5.46. The molecule has 7 heavy (non-hydrogen) atoms. The molecule has 0 aliphatic rings. The van der Waals surface area contributed by atoms with E-state index in [9.17, 15) is 0 Å². The van der Waals surface area contributed by atoms with Crippen molar-refractivity contribution in [3.63, 3.8) is 0 Å². The van der Waals surface area contributed by atoms with Crippen LogP contribution in [0.25, 0.3) is 0 Å². The minimum Gasteiger partial charge on any atom is -1.00 e. The van der Waals surface area contributed by atoms with Crippen molar-refractivity contribution < 1.29 is 63.0 Å². The first kappa shape index (κ1) is 11.1. The van der Waals surface area contributed by atoms with Crippen molar-refractivity contribution in [2.75, 3.05) is 13.2 Å². The molecule has 2 N–H and O–H groups in total. The molecule has 0 aromatic rings. The van der Waals surface area contributed by atoms with E-state index in [-0.39, 0.29) is 66.0 Å². The third kappa shape index (κ3) is 11.1. The van der Waals surface area contributed by atoms with Gasteiger partial charge in [-0.25, -0.2) is 0 Å². The first-order valence-electron chi connectivity index (χ1n) is 1.78. The summed E-state index contributed by atoms with van der Waals surface area (Å²) in [5.74, 6) is 0. The minimum atomic E-state index is 0. The molecule has 0 radical (unpaired) electrons. The van der Waals surface area contributed by atoms with E-state index >= 15 is 0 Å². The summed E-state index contributed by atoms with van der Waals surface area (Å²) in [7, 11) is 0. The summed E-state index contributed by atoms with van der Waals surface area (Å²) < 4.78 is 0. The fraction of sp³-hybridized carbons (Fsp3) is 0.500. The van der Waals surface area contributed by atoms with Gasteiger partial charge in [0, 0.05) is 0 Å². The van der Waals surface area contributed by atoms with E-state index < -0.39 is 0 Å². The smallest absolute Gasteiger partial charge is 1.00 e. The quantitative estimate of drug-likeness (QED) is 0.301. The maximum Gasteiger partial charge on any atom is 1.00 e. The SMILES string of the molecule is OC/C=C/CO.[H-].[K+]. The Kier molecular flexibility index (Phi) is 16.4. The largest absolute Gasteiger partial charge is 1.00 e. The summed E-state index contributed by atoms with van der Waals surface area (Å²) in [5, 5.41) is 16.0. The van der Waals surface area contributed by atoms with Gasteiger partial charge in [-0.05, 0) is 0 Å². The maximum atomic E-state index is 8.00. The van der Waals surface area contributed by atoms with E-state index in [1.165, 1.54) is 12.2 Å². The Labute approximate surface area is 87.1 Å². The Balaban J connectivity index is -0.000000125. The van der Waals surface area contributed by atoms with Gasteiger partial charge in [-0.15, -0.1) is 0 Å². The Morgan fingerprint density at radius 3 is 1.57 bits per heavy atom. The van der Waals surface area contributed by atoms with Crippen LogP contribution < -0.4 is 51.4 Å². The van der Waals surface area contributed by atoms with Gasteiger partial charge in [0.2, 0.25) is 0 Å². The second kappa shape index (κ2) is 10.3. The summed E-state index contributed by atoms with van der Waals surface area (Å²) in [6, 6.07) is 0. The predicted molar refractivity (Wildman–Crippen MR) is 24.4 cm³/mol. The first-order valence-corrected chi connectivity index (χ1v) is 1.78. The van der Waals surface area contributed by atoms with Gasteiger partial charge in [-0.2, -0.15) is 0 Å². The summed E-state index contributed by atoms with van der Waals surface area (Å²) >= 11 is 0. The van der Waals surface area contributed by atoms with Crippen LogP contribution in [0.1, 0.15) is 1.43 Å². The number of aliphatic hydroxyl groups excluding tert-OH is 2. The molecule has 38 valence electrons. The number of aliphatic hydroxyl groups is 2. The topological polar surface area (TPSA) is 40.5 Å². The van der Waals surface area contributed by atoms with Gasteiger partial charge in [0.1, 0.15) is 0 Å². The van der Waals surface area contributed by atoms with Gasteiger partial charge in [0.25, 0.3) is 0 Å². The molecule has 0 atom stereocenters. The molecule has 0 saturated heterocycles. The second-order valence-corrected chi connectivity index (χ2v) is 0.837. The van der Waals surface area contributed by atoms with E-state index in [1.54, 1.807) is 0 Å². The van der Waals surface area contributed by atoms with Crippen LogP contribution in [0.2, 0.25) is 0 Å². The fourth-order valence-corrected chi connectivity index (χ4v) is 0.149. The van der Waals surface area contributed by atoms with Crippen LogP contribution in [-0.4, -0.2) is 23.4 Å². The molecule has 0 aliphatic carbocycles. The van der Waals surface area contributed by atoms with Crippen molar-refractivity contribution in [2.45, 2.75) is 0 Å². The molecule has 0 aromatic carbocycles. The van der Waals surface area contributed by atoms with Gasteiger partial charge in [-0.1, -0.05) is 12.2 Å². The van der Waals surface area contributed by atoms with E-state index in [4.69, 9.17) is 10.2 Å². The number of hydrogen-bond donors (Lipinski definition) is 2. The van der Waals surface area contributed by atoms with Gasteiger partial charge >= 0.3 is 51.4 Å². The summed E-state index contributed by atoms with van der Waals surface area (Å²) in [5.41, 5.74) is 0. The molecular weight excluding hydrogens is 119 g/mol. The van der Waals surface area contributed by atoms with Crippen LogP contribution in [0, 0.1) is 0 Å². The zero-order valence-corrected chi connectivity index (χ0v) is 7.59. The van der Waals surface area contributed by atoms with Crippen LogP contribution in [0.3, 0.4) is 0 Å². The maximum absolute atomic E-state index is 8.00. The van der Waals surface area contributed by atoms with Crippen molar-refractivity contribution in [2.24, 2.45) is 0 Å². The van der Waals surface area contributed by atoms with Crippen molar-refractivity contribution in [3.8, 4) is 0 Å². The van der Waals surface area contributed by atoms with Crippen LogP contribution >= 0.6 is 0 Å². The van der Waals surface area contributed by atoms with Crippen molar-refractivity contribution in [3.05, 3.63) is 12.2 Å². The molecule has 0 aromatic heterocycles. The Hall–Kier alpha value is 1.30. The third-order valence-electron chi connectivity index (χ3n) is 0.377.